The van der Waals surface area contributed by atoms with Crippen molar-refractivity contribution in [1.82, 2.24) is 29.9 Å². The number of hydrogen-bond donors (Lipinski definition) is 1. The minimum Gasteiger partial charge on any atom is -0.325 e. The fourth-order valence-corrected chi connectivity index (χ4v) is 3.55. The van der Waals surface area contributed by atoms with E-state index in [-0.39, 0.29) is 5.92 Å². The number of pyridine rings is 2. The second kappa shape index (κ2) is 7.85. The topological polar surface area (TPSA) is 80.2 Å². The maximum Gasteiger partial charge on any atom is 0.198 e. The van der Waals surface area contributed by atoms with Crippen LogP contribution in [0.1, 0.15) is 24.2 Å². The first-order valence-corrected chi connectivity index (χ1v) is 10.0. The fraction of sp³-hybridized carbons (Fsp3) is 0.0870. The number of H-pyrrole nitrogens is 1. The van der Waals surface area contributed by atoms with Gasteiger partial charge in [-0.1, -0.05) is 30.7 Å². The monoisotopic (exact) mass is 430 g/mol. The lowest BCUT2D eigenvalue weighted by Crippen LogP contribution is -1.98. The molecule has 1 N–H and O–H groups in total. The lowest BCUT2D eigenvalue weighted by molar-refractivity contribution is 0.624. The Hall–Kier alpha value is -3.71. The predicted octanol–water partition coefficient (Wildman–Crippen LogP) is 5.42. The van der Waals surface area contributed by atoms with Gasteiger partial charge in [-0.15, -0.1) is 0 Å². The van der Waals surface area contributed by atoms with Crippen molar-refractivity contribution in [1.29, 1.82) is 0 Å². The first kappa shape index (κ1) is 19.3. The Labute approximate surface area is 182 Å². The summed E-state index contributed by atoms with van der Waals surface area (Å²) in [5, 5.41) is 0.675. The summed E-state index contributed by atoms with van der Waals surface area (Å²) in [7, 11) is 0. The van der Waals surface area contributed by atoms with Gasteiger partial charge in [0.2, 0.25) is 0 Å². The number of nitrogens with one attached hydrogen (secondary N) is 1. The normalized spacial score (nSPS) is 12.2. The number of benzene rings is 1. The molecule has 5 rings (SSSR count). The Kier molecular flexibility index (Phi) is 4.88. The third-order valence-corrected chi connectivity index (χ3v) is 5.34. The molecule has 8 heteroatoms. The van der Waals surface area contributed by atoms with E-state index in [0.29, 0.717) is 39.1 Å². The van der Waals surface area contributed by atoms with Crippen molar-refractivity contribution >= 4 is 22.9 Å². The van der Waals surface area contributed by atoms with Gasteiger partial charge in [-0.3, -0.25) is 9.97 Å². The highest BCUT2D eigenvalue weighted by Crippen LogP contribution is 2.32. The third kappa shape index (κ3) is 3.64. The minimum atomic E-state index is -0.480. The number of rotatable bonds is 4. The number of nitrogens with zero attached hydrogens (tertiary/aromatic N) is 5. The number of imidazole rings is 1. The number of aromatic nitrogens is 6. The van der Waals surface area contributed by atoms with E-state index in [1.54, 1.807) is 24.5 Å². The third-order valence-electron chi connectivity index (χ3n) is 5.09. The van der Waals surface area contributed by atoms with Gasteiger partial charge in [-0.25, -0.2) is 19.3 Å². The van der Waals surface area contributed by atoms with Crippen LogP contribution in [0.2, 0.25) is 5.02 Å². The number of halogens is 2. The highest BCUT2D eigenvalue weighted by molar-refractivity contribution is 6.30. The molecule has 0 aliphatic carbocycles. The molecule has 0 spiro atoms. The molecule has 0 radical (unpaired) electrons. The van der Waals surface area contributed by atoms with Crippen molar-refractivity contribution in [2.45, 2.75) is 12.8 Å². The Balaban J connectivity index is 1.68. The quantitative estimate of drug-likeness (QED) is 0.411. The van der Waals surface area contributed by atoms with Crippen LogP contribution < -0.4 is 0 Å². The van der Waals surface area contributed by atoms with E-state index >= 15 is 0 Å². The molecule has 0 aliphatic rings. The maximum atomic E-state index is 14.6. The highest BCUT2D eigenvalue weighted by atomic mass is 35.5. The summed E-state index contributed by atoms with van der Waals surface area (Å²) in [4.78, 5) is 25.3. The summed E-state index contributed by atoms with van der Waals surface area (Å²) >= 11 is 6.01. The molecule has 152 valence electrons. The molecule has 31 heavy (non-hydrogen) atoms. The zero-order valence-corrected chi connectivity index (χ0v) is 17.2. The van der Waals surface area contributed by atoms with Crippen LogP contribution >= 0.6 is 11.6 Å². The van der Waals surface area contributed by atoms with E-state index < -0.39 is 5.82 Å². The van der Waals surface area contributed by atoms with Crippen LogP contribution in [0.25, 0.3) is 33.8 Å². The Morgan fingerprint density at radius 1 is 0.903 bits per heavy atom. The molecule has 5 aromatic rings. The molecule has 0 amide bonds. The molecular formula is C23H16ClFN6. The smallest absolute Gasteiger partial charge is 0.198 e. The van der Waals surface area contributed by atoms with Gasteiger partial charge >= 0.3 is 0 Å². The summed E-state index contributed by atoms with van der Waals surface area (Å²) in [5.74, 6) is 0.199. The van der Waals surface area contributed by atoms with E-state index in [2.05, 4.69) is 24.9 Å². The van der Waals surface area contributed by atoms with Gasteiger partial charge in [0.1, 0.15) is 17.2 Å². The number of aromatic amines is 1. The minimum absolute atomic E-state index is 0.0313. The highest BCUT2D eigenvalue weighted by Gasteiger charge is 2.20. The number of hydrogen-bond acceptors (Lipinski definition) is 5. The second-order valence-electron chi connectivity index (χ2n) is 7.09. The summed E-state index contributed by atoms with van der Waals surface area (Å²) in [6.07, 6.45) is 6.03. The molecule has 0 saturated carbocycles. The van der Waals surface area contributed by atoms with Crippen LogP contribution in [-0.2, 0) is 0 Å². The molecule has 1 atom stereocenters. The van der Waals surface area contributed by atoms with E-state index in [1.807, 2.05) is 37.3 Å². The molecule has 0 aliphatic heterocycles. The molecule has 4 heterocycles. The lowest BCUT2D eigenvalue weighted by Gasteiger charge is -2.08. The van der Waals surface area contributed by atoms with E-state index in [0.717, 1.165) is 17.3 Å². The summed E-state index contributed by atoms with van der Waals surface area (Å²) in [5.41, 5.74) is 3.92. The molecule has 0 bridgehead atoms. The predicted molar refractivity (Wildman–Crippen MR) is 117 cm³/mol. The van der Waals surface area contributed by atoms with Gasteiger partial charge in [0, 0.05) is 40.7 Å². The van der Waals surface area contributed by atoms with Gasteiger partial charge in [-0.2, -0.15) is 0 Å². The largest absolute Gasteiger partial charge is 0.325 e. The molecule has 6 nitrogen and oxygen atoms in total. The Morgan fingerprint density at radius 3 is 2.45 bits per heavy atom. The molecule has 1 aromatic carbocycles. The maximum absolute atomic E-state index is 14.6. The van der Waals surface area contributed by atoms with Crippen molar-refractivity contribution in [3.05, 3.63) is 89.5 Å². The first-order chi connectivity index (χ1) is 15.1. The van der Waals surface area contributed by atoms with Gasteiger partial charge in [-0.05, 0) is 35.9 Å². The van der Waals surface area contributed by atoms with Gasteiger partial charge in [0.25, 0.3) is 0 Å². The summed E-state index contributed by atoms with van der Waals surface area (Å²) < 4.78 is 14.6. The van der Waals surface area contributed by atoms with Crippen molar-refractivity contribution in [3.8, 4) is 22.5 Å². The fourth-order valence-electron chi connectivity index (χ4n) is 3.43. The summed E-state index contributed by atoms with van der Waals surface area (Å²) in [6, 6.07) is 12.8. The zero-order chi connectivity index (χ0) is 21.4. The van der Waals surface area contributed by atoms with E-state index in [9.17, 15) is 4.39 Å². The van der Waals surface area contributed by atoms with Gasteiger partial charge in [0.05, 0.1) is 6.20 Å². The molecule has 4 aromatic heterocycles. The molecule has 1 unspecified atom stereocenters. The van der Waals surface area contributed by atoms with Crippen molar-refractivity contribution in [3.63, 3.8) is 0 Å². The summed E-state index contributed by atoms with van der Waals surface area (Å²) in [6.45, 7) is 2.03. The van der Waals surface area contributed by atoms with Crippen LogP contribution in [0.4, 0.5) is 4.39 Å². The van der Waals surface area contributed by atoms with Crippen LogP contribution in [0, 0.1) is 5.82 Å². The van der Waals surface area contributed by atoms with E-state index in [1.165, 1.54) is 6.20 Å². The van der Waals surface area contributed by atoms with Crippen LogP contribution in [0.3, 0.4) is 0 Å². The molecule has 0 fully saturated rings. The van der Waals surface area contributed by atoms with Crippen molar-refractivity contribution in [2.75, 3.05) is 0 Å². The average molecular weight is 431 g/mol. The number of fused-ring (bicyclic) bond motifs is 1. The molecule has 0 saturated heterocycles. The standard InChI is InChI=1S/C23H16ClFN6/c1-13(14-4-6-16(24)7-5-14)21-30-22-23(31-21)29-20(17-8-10-27-12-18(17)25)19(28-22)15-3-2-9-26-11-15/h2-13H,1H3,(H,28,29,30,31). The van der Waals surface area contributed by atoms with Crippen molar-refractivity contribution < 1.29 is 4.39 Å². The second-order valence-corrected chi connectivity index (χ2v) is 7.52. The van der Waals surface area contributed by atoms with Crippen LogP contribution in [0.5, 0.6) is 0 Å². The molecular weight excluding hydrogens is 415 g/mol. The Bertz CT molecular complexity index is 1370. The van der Waals surface area contributed by atoms with Crippen LogP contribution in [0.15, 0.2) is 67.3 Å². The zero-order valence-electron chi connectivity index (χ0n) is 16.4. The van der Waals surface area contributed by atoms with Crippen LogP contribution in [-0.4, -0.2) is 29.9 Å². The van der Waals surface area contributed by atoms with Gasteiger partial charge < -0.3 is 4.98 Å². The average Bonchev–Trinajstić information content (AvgIpc) is 3.22. The van der Waals surface area contributed by atoms with Gasteiger partial charge in [0.15, 0.2) is 17.1 Å². The lowest BCUT2D eigenvalue weighted by atomic mass is 10.0. The SMILES string of the molecule is CC(c1ccc(Cl)cc1)c1nc2nc(-c3ccncc3F)c(-c3cccnc3)nc2[nH]1. The Morgan fingerprint density at radius 2 is 1.71 bits per heavy atom. The van der Waals surface area contributed by atoms with E-state index in [4.69, 9.17) is 16.6 Å². The van der Waals surface area contributed by atoms with Crippen molar-refractivity contribution in [2.24, 2.45) is 0 Å². The first-order valence-electron chi connectivity index (χ1n) is 9.63.